The van der Waals surface area contributed by atoms with Crippen LogP contribution in [0, 0.1) is 0 Å². The lowest BCUT2D eigenvalue weighted by Gasteiger charge is -2.20. The molecule has 0 atom stereocenters. The van der Waals surface area contributed by atoms with Gasteiger partial charge in [-0.3, -0.25) is 0 Å². The van der Waals surface area contributed by atoms with Gasteiger partial charge in [0.15, 0.2) is 0 Å². The van der Waals surface area contributed by atoms with Gasteiger partial charge in [-0.2, -0.15) is 0 Å². The highest BCUT2D eigenvalue weighted by atomic mass is 35.5. The number of pyridine rings is 1. The number of anilines is 1. The Hall–Kier alpha value is -0.840. The highest BCUT2D eigenvalue weighted by molar-refractivity contribution is 6.33. The SMILES string of the molecule is CCCNCc1cnc(N(C)CCCN(C)C)c(Cl)c1. The molecule has 5 heteroatoms. The molecule has 1 N–H and O–H groups in total. The van der Waals surface area contributed by atoms with Crippen molar-refractivity contribution in [2.75, 3.05) is 45.7 Å². The smallest absolute Gasteiger partial charge is 0.147 e. The zero-order chi connectivity index (χ0) is 15.0. The van der Waals surface area contributed by atoms with Crippen LogP contribution in [0.15, 0.2) is 12.3 Å². The van der Waals surface area contributed by atoms with Gasteiger partial charge in [0.05, 0.1) is 5.02 Å². The van der Waals surface area contributed by atoms with Crippen LogP contribution in [0.2, 0.25) is 5.02 Å². The summed E-state index contributed by atoms with van der Waals surface area (Å²) in [7, 11) is 6.21. The Bertz CT molecular complexity index is 395. The molecule has 114 valence electrons. The number of hydrogen-bond acceptors (Lipinski definition) is 4. The third-order valence-corrected chi connectivity index (χ3v) is 3.37. The molecule has 0 aromatic carbocycles. The van der Waals surface area contributed by atoms with Gasteiger partial charge in [-0.15, -0.1) is 0 Å². The minimum atomic E-state index is 0.730. The van der Waals surface area contributed by atoms with Gasteiger partial charge in [0.2, 0.25) is 0 Å². The molecule has 0 fully saturated rings. The fourth-order valence-corrected chi connectivity index (χ4v) is 2.32. The van der Waals surface area contributed by atoms with Gasteiger partial charge in [0.25, 0.3) is 0 Å². The van der Waals surface area contributed by atoms with E-state index in [9.17, 15) is 0 Å². The minimum absolute atomic E-state index is 0.730. The molecule has 0 spiro atoms. The predicted molar refractivity (Wildman–Crippen MR) is 87.7 cm³/mol. The number of nitrogens with one attached hydrogen (secondary N) is 1. The standard InChI is InChI=1S/C15H27ClN4/c1-5-7-17-11-13-10-14(16)15(18-12-13)20(4)9-6-8-19(2)3/h10,12,17H,5-9,11H2,1-4H3. The van der Waals surface area contributed by atoms with Crippen LogP contribution in [0.5, 0.6) is 0 Å². The molecule has 1 heterocycles. The van der Waals surface area contributed by atoms with Gasteiger partial charge in [0.1, 0.15) is 5.82 Å². The molecule has 0 amide bonds. The van der Waals surface area contributed by atoms with Gasteiger partial charge < -0.3 is 15.1 Å². The Kier molecular flexibility index (Phi) is 7.88. The Morgan fingerprint density at radius 2 is 2.00 bits per heavy atom. The summed E-state index contributed by atoms with van der Waals surface area (Å²) >= 11 is 6.34. The summed E-state index contributed by atoms with van der Waals surface area (Å²) in [6.07, 6.45) is 4.14. The van der Waals surface area contributed by atoms with Crippen LogP contribution in [0.1, 0.15) is 25.3 Å². The molecule has 0 saturated carbocycles. The Balaban J connectivity index is 2.53. The lowest BCUT2D eigenvalue weighted by Crippen LogP contribution is -2.24. The second-order valence-electron chi connectivity index (χ2n) is 5.40. The largest absolute Gasteiger partial charge is 0.358 e. The maximum atomic E-state index is 6.34. The van der Waals surface area contributed by atoms with E-state index in [1.54, 1.807) is 0 Å². The first-order valence-electron chi connectivity index (χ1n) is 7.25. The van der Waals surface area contributed by atoms with E-state index in [-0.39, 0.29) is 0 Å². The quantitative estimate of drug-likeness (QED) is 0.710. The summed E-state index contributed by atoms with van der Waals surface area (Å²) in [6, 6.07) is 2.01. The van der Waals surface area contributed by atoms with Crippen molar-refractivity contribution in [2.24, 2.45) is 0 Å². The van der Waals surface area contributed by atoms with Crippen molar-refractivity contribution in [3.63, 3.8) is 0 Å². The molecular weight excluding hydrogens is 272 g/mol. The first-order chi connectivity index (χ1) is 9.54. The van der Waals surface area contributed by atoms with Gasteiger partial charge in [-0.25, -0.2) is 4.98 Å². The average molecular weight is 299 g/mol. The molecule has 1 rings (SSSR count). The molecule has 0 aliphatic heterocycles. The minimum Gasteiger partial charge on any atom is -0.358 e. The van der Waals surface area contributed by atoms with Crippen LogP contribution in [-0.4, -0.2) is 50.7 Å². The van der Waals surface area contributed by atoms with Crippen LogP contribution in [0.25, 0.3) is 0 Å². The lowest BCUT2D eigenvalue weighted by atomic mass is 10.2. The van der Waals surface area contributed by atoms with Crippen LogP contribution < -0.4 is 10.2 Å². The first-order valence-corrected chi connectivity index (χ1v) is 7.63. The summed E-state index contributed by atoms with van der Waals surface area (Å²) in [6.45, 7) is 6.03. The van der Waals surface area contributed by atoms with Crippen molar-refractivity contribution in [1.82, 2.24) is 15.2 Å². The normalized spacial score (nSPS) is 11.1. The topological polar surface area (TPSA) is 31.4 Å². The third-order valence-electron chi connectivity index (χ3n) is 3.09. The van der Waals surface area contributed by atoms with E-state index in [0.29, 0.717) is 0 Å². The summed E-state index contributed by atoms with van der Waals surface area (Å²) < 4.78 is 0. The molecule has 0 aliphatic rings. The highest BCUT2D eigenvalue weighted by Crippen LogP contribution is 2.23. The molecule has 20 heavy (non-hydrogen) atoms. The number of hydrogen-bond donors (Lipinski definition) is 1. The number of aromatic nitrogens is 1. The molecule has 1 aromatic rings. The molecule has 4 nitrogen and oxygen atoms in total. The van der Waals surface area contributed by atoms with E-state index in [1.165, 1.54) is 0 Å². The van der Waals surface area contributed by atoms with Gasteiger partial charge in [-0.1, -0.05) is 18.5 Å². The monoisotopic (exact) mass is 298 g/mol. The number of nitrogens with zero attached hydrogens (tertiary/aromatic N) is 3. The van der Waals surface area contributed by atoms with Crippen LogP contribution in [0.3, 0.4) is 0 Å². The Labute approximate surface area is 128 Å². The average Bonchev–Trinajstić information content (AvgIpc) is 2.38. The zero-order valence-corrected chi connectivity index (χ0v) is 13.9. The van der Waals surface area contributed by atoms with Gasteiger partial charge in [0, 0.05) is 26.3 Å². The van der Waals surface area contributed by atoms with E-state index in [1.807, 2.05) is 19.3 Å². The molecule has 0 aliphatic carbocycles. The second kappa shape index (κ2) is 9.16. The van der Waals surface area contributed by atoms with Crippen molar-refractivity contribution in [3.05, 3.63) is 22.8 Å². The summed E-state index contributed by atoms with van der Waals surface area (Å²) in [5.41, 5.74) is 1.13. The molecule has 0 radical (unpaired) electrons. The molecule has 0 saturated heterocycles. The fourth-order valence-electron chi connectivity index (χ4n) is 1.99. The maximum Gasteiger partial charge on any atom is 0.147 e. The van der Waals surface area contributed by atoms with E-state index in [2.05, 4.69) is 41.1 Å². The van der Waals surface area contributed by atoms with E-state index < -0.39 is 0 Å². The summed E-state index contributed by atoms with van der Waals surface area (Å²) in [5.74, 6) is 0.865. The van der Waals surface area contributed by atoms with Crippen LogP contribution in [-0.2, 0) is 6.54 Å². The predicted octanol–water partition coefficient (Wildman–Crippen LogP) is 2.62. The van der Waals surface area contributed by atoms with Crippen LogP contribution >= 0.6 is 11.6 Å². The summed E-state index contributed by atoms with van der Waals surface area (Å²) in [5, 5.41) is 4.09. The van der Waals surface area contributed by atoms with E-state index in [0.717, 1.165) is 55.4 Å². The van der Waals surface area contributed by atoms with Gasteiger partial charge in [-0.05, 0) is 51.7 Å². The van der Waals surface area contributed by atoms with Crippen molar-refractivity contribution < 1.29 is 0 Å². The Morgan fingerprint density at radius 1 is 1.25 bits per heavy atom. The van der Waals surface area contributed by atoms with Gasteiger partial charge >= 0.3 is 0 Å². The highest BCUT2D eigenvalue weighted by Gasteiger charge is 2.08. The molecular formula is C15H27ClN4. The van der Waals surface area contributed by atoms with Crippen molar-refractivity contribution in [2.45, 2.75) is 26.3 Å². The zero-order valence-electron chi connectivity index (χ0n) is 13.1. The van der Waals surface area contributed by atoms with Crippen molar-refractivity contribution in [3.8, 4) is 0 Å². The molecule has 0 unspecified atom stereocenters. The summed E-state index contributed by atoms with van der Waals surface area (Å²) in [4.78, 5) is 8.80. The number of halogens is 1. The lowest BCUT2D eigenvalue weighted by molar-refractivity contribution is 0.401. The van der Waals surface area contributed by atoms with E-state index in [4.69, 9.17) is 11.6 Å². The molecule has 0 bridgehead atoms. The second-order valence-corrected chi connectivity index (χ2v) is 5.81. The number of rotatable bonds is 9. The van der Waals surface area contributed by atoms with E-state index >= 15 is 0 Å². The first kappa shape index (κ1) is 17.2. The Morgan fingerprint density at radius 3 is 2.60 bits per heavy atom. The van der Waals surface area contributed by atoms with Crippen molar-refractivity contribution >= 4 is 17.4 Å². The van der Waals surface area contributed by atoms with Crippen LogP contribution in [0.4, 0.5) is 5.82 Å². The fraction of sp³-hybridized carbons (Fsp3) is 0.667. The van der Waals surface area contributed by atoms with Crippen molar-refractivity contribution in [1.29, 1.82) is 0 Å². The third kappa shape index (κ3) is 6.07. The molecule has 1 aromatic heterocycles. The maximum absolute atomic E-state index is 6.34.